The highest BCUT2D eigenvalue weighted by Gasteiger charge is 2.17. The van der Waals surface area contributed by atoms with Crippen molar-refractivity contribution in [2.75, 3.05) is 24.9 Å². The number of aromatic nitrogens is 2. The molecule has 234 valence electrons. The Balaban J connectivity index is 1.18. The maximum atomic E-state index is 13.8. The normalized spacial score (nSPS) is 10.9. The molecule has 7 aromatic rings. The Bertz CT molecular complexity index is 2180. The molecule has 2 heterocycles. The van der Waals surface area contributed by atoms with E-state index in [-0.39, 0.29) is 11.8 Å². The first kappa shape index (κ1) is 30.1. The van der Waals surface area contributed by atoms with E-state index < -0.39 is 0 Å². The van der Waals surface area contributed by atoms with Crippen molar-refractivity contribution in [1.82, 2.24) is 9.97 Å². The molecule has 0 aliphatic carbocycles. The van der Waals surface area contributed by atoms with Crippen LogP contribution in [0.4, 0.5) is 11.4 Å². The van der Waals surface area contributed by atoms with Crippen LogP contribution in [0, 0.1) is 0 Å². The topological polar surface area (TPSA) is 102 Å². The Labute approximate surface area is 277 Å². The summed E-state index contributed by atoms with van der Waals surface area (Å²) in [4.78, 5) is 37.2. The van der Waals surface area contributed by atoms with E-state index in [1.165, 1.54) is 0 Å². The fourth-order valence-electron chi connectivity index (χ4n) is 5.66. The molecule has 0 atom stereocenters. The number of ether oxygens (including phenoxy) is 2. The number of rotatable bonds is 8. The number of nitrogens with zero attached hydrogens (tertiary/aromatic N) is 2. The lowest BCUT2D eigenvalue weighted by Gasteiger charge is -2.13. The lowest BCUT2D eigenvalue weighted by Crippen LogP contribution is -2.15. The largest absolute Gasteiger partial charge is 0.497 e. The van der Waals surface area contributed by atoms with E-state index in [2.05, 4.69) is 10.6 Å². The van der Waals surface area contributed by atoms with Crippen LogP contribution < -0.4 is 20.1 Å². The van der Waals surface area contributed by atoms with E-state index in [9.17, 15) is 9.59 Å². The predicted molar refractivity (Wildman–Crippen MR) is 190 cm³/mol. The highest BCUT2D eigenvalue weighted by molar-refractivity contribution is 6.15. The lowest BCUT2D eigenvalue weighted by molar-refractivity contribution is 0.102. The Morgan fingerprint density at radius 1 is 0.500 bits per heavy atom. The zero-order chi connectivity index (χ0) is 33.0. The average Bonchev–Trinajstić information content (AvgIpc) is 3.14. The molecule has 0 spiro atoms. The summed E-state index contributed by atoms with van der Waals surface area (Å²) in [5.74, 6) is 0.792. The van der Waals surface area contributed by atoms with Crippen molar-refractivity contribution < 1.29 is 19.1 Å². The van der Waals surface area contributed by atoms with Gasteiger partial charge in [0.15, 0.2) is 0 Å². The number of pyridine rings is 2. The monoisotopic (exact) mass is 630 g/mol. The van der Waals surface area contributed by atoms with Crippen molar-refractivity contribution >= 4 is 45.0 Å². The molecule has 2 amide bonds. The summed E-state index contributed by atoms with van der Waals surface area (Å²) < 4.78 is 10.8. The Morgan fingerprint density at radius 3 is 1.40 bits per heavy atom. The molecule has 0 aliphatic rings. The average molecular weight is 631 g/mol. The molecule has 0 saturated heterocycles. The van der Waals surface area contributed by atoms with Crippen LogP contribution in [0.3, 0.4) is 0 Å². The van der Waals surface area contributed by atoms with Crippen molar-refractivity contribution in [3.63, 3.8) is 0 Å². The quantitative estimate of drug-likeness (QED) is 0.174. The van der Waals surface area contributed by atoms with E-state index in [4.69, 9.17) is 19.4 Å². The van der Waals surface area contributed by atoms with Gasteiger partial charge in [-0.3, -0.25) is 9.59 Å². The summed E-state index contributed by atoms with van der Waals surface area (Å²) in [5.41, 5.74) is 6.35. The molecule has 8 nitrogen and oxygen atoms in total. The van der Waals surface area contributed by atoms with Crippen LogP contribution in [0.1, 0.15) is 20.7 Å². The van der Waals surface area contributed by atoms with Crippen molar-refractivity contribution in [2.24, 2.45) is 0 Å². The first-order chi connectivity index (χ1) is 23.5. The second-order valence-electron chi connectivity index (χ2n) is 11.1. The van der Waals surface area contributed by atoms with Gasteiger partial charge >= 0.3 is 0 Å². The van der Waals surface area contributed by atoms with Gasteiger partial charge in [0.05, 0.1) is 47.8 Å². The van der Waals surface area contributed by atoms with Gasteiger partial charge in [-0.25, -0.2) is 9.97 Å². The zero-order valence-electron chi connectivity index (χ0n) is 26.2. The van der Waals surface area contributed by atoms with Gasteiger partial charge in [-0.15, -0.1) is 0 Å². The molecule has 2 aromatic heterocycles. The summed E-state index contributed by atoms with van der Waals surface area (Å²) in [6.45, 7) is 0. The summed E-state index contributed by atoms with van der Waals surface area (Å²) >= 11 is 0. The van der Waals surface area contributed by atoms with Crippen LogP contribution >= 0.6 is 0 Å². The maximum absolute atomic E-state index is 13.8. The number of nitrogens with one attached hydrogen (secondary N) is 2. The second-order valence-corrected chi connectivity index (χ2v) is 11.1. The molecule has 0 unspecified atom stereocenters. The fraction of sp³-hybridized carbons (Fsp3) is 0.0500. The Kier molecular flexibility index (Phi) is 8.20. The third-order valence-corrected chi connectivity index (χ3v) is 8.03. The van der Waals surface area contributed by atoms with E-state index in [1.807, 2.05) is 97.1 Å². The summed E-state index contributed by atoms with van der Waals surface area (Å²) in [5, 5.41) is 7.47. The Morgan fingerprint density at radius 2 is 0.938 bits per heavy atom. The molecule has 0 bridgehead atoms. The minimum Gasteiger partial charge on any atom is -0.497 e. The first-order valence-electron chi connectivity index (χ1n) is 15.3. The maximum Gasteiger partial charge on any atom is 0.256 e. The molecule has 5 aromatic carbocycles. The molecule has 0 radical (unpaired) electrons. The lowest BCUT2D eigenvalue weighted by atomic mass is 10.0. The van der Waals surface area contributed by atoms with Crippen LogP contribution in [-0.4, -0.2) is 36.0 Å². The number of carbonyl (C=O) groups excluding carboxylic acids is 2. The molecule has 7 rings (SSSR count). The first-order valence-corrected chi connectivity index (χ1v) is 15.3. The van der Waals surface area contributed by atoms with Gasteiger partial charge in [0, 0.05) is 33.3 Å². The van der Waals surface area contributed by atoms with Gasteiger partial charge < -0.3 is 20.1 Å². The zero-order valence-corrected chi connectivity index (χ0v) is 26.2. The number of methoxy groups -OCH3 is 2. The van der Waals surface area contributed by atoms with Crippen molar-refractivity contribution in [3.8, 4) is 34.0 Å². The number of para-hydroxylation sites is 2. The predicted octanol–water partition coefficient (Wildman–Crippen LogP) is 8.64. The third-order valence-electron chi connectivity index (χ3n) is 8.03. The van der Waals surface area contributed by atoms with Crippen LogP contribution in [0.5, 0.6) is 11.5 Å². The van der Waals surface area contributed by atoms with Crippen LogP contribution in [0.2, 0.25) is 0 Å². The van der Waals surface area contributed by atoms with Gasteiger partial charge in [0.25, 0.3) is 11.8 Å². The highest BCUT2D eigenvalue weighted by atomic mass is 16.5. The van der Waals surface area contributed by atoms with Gasteiger partial charge in [-0.2, -0.15) is 0 Å². The van der Waals surface area contributed by atoms with Crippen molar-refractivity contribution in [2.45, 2.75) is 0 Å². The molecule has 0 saturated carbocycles. The van der Waals surface area contributed by atoms with Crippen molar-refractivity contribution in [1.29, 1.82) is 0 Å². The Hall–Kier alpha value is -6.54. The molecule has 0 fully saturated rings. The standard InChI is InChI=1S/C40H30N4O4/c1-47-29-14-7-10-25(20-29)37-23-33(31-16-3-5-18-35(31)43-37)39(45)41-27-12-9-13-28(22-27)42-40(46)34-24-38(26-11-8-15-30(21-26)48-2)44-36-19-6-4-17-32(34)36/h3-24H,1-2H3,(H,41,45)(H,42,46). The molecule has 2 N–H and O–H groups in total. The number of fused-ring (bicyclic) bond motifs is 2. The number of amides is 2. The van der Waals surface area contributed by atoms with Crippen LogP contribution in [-0.2, 0) is 0 Å². The molecule has 48 heavy (non-hydrogen) atoms. The molecular formula is C40H30N4O4. The van der Waals surface area contributed by atoms with Crippen molar-refractivity contribution in [3.05, 3.63) is 145 Å². The number of benzene rings is 5. The van der Waals surface area contributed by atoms with E-state index in [1.54, 1.807) is 50.6 Å². The molecule has 0 aliphatic heterocycles. The fourth-order valence-corrected chi connectivity index (χ4v) is 5.66. The summed E-state index contributed by atoms with van der Waals surface area (Å²) in [6, 6.07) is 40.8. The van der Waals surface area contributed by atoms with Crippen LogP contribution in [0.25, 0.3) is 44.3 Å². The van der Waals surface area contributed by atoms with E-state index >= 15 is 0 Å². The third kappa shape index (κ3) is 6.15. The smallest absolute Gasteiger partial charge is 0.256 e. The second kappa shape index (κ2) is 13.1. The summed E-state index contributed by atoms with van der Waals surface area (Å²) in [6.07, 6.45) is 0. The van der Waals surface area contributed by atoms with E-state index in [0.717, 1.165) is 21.9 Å². The molecular weight excluding hydrogens is 600 g/mol. The molecule has 8 heteroatoms. The minimum absolute atomic E-state index is 0.302. The van der Waals surface area contributed by atoms with Gasteiger partial charge in [-0.1, -0.05) is 66.7 Å². The van der Waals surface area contributed by atoms with Gasteiger partial charge in [0.2, 0.25) is 0 Å². The number of hydrogen-bond donors (Lipinski definition) is 2. The SMILES string of the molecule is COc1cccc(-c2cc(C(=O)Nc3cccc(NC(=O)c4cc(-c5cccc(OC)c5)nc5ccccc45)c3)c3ccccc3n2)c1. The highest BCUT2D eigenvalue weighted by Crippen LogP contribution is 2.30. The minimum atomic E-state index is -0.302. The van der Waals surface area contributed by atoms with Gasteiger partial charge in [0.1, 0.15) is 11.5 Å². The van der Waals surface area contributed by atoms with E-state index in [0.29, 0.717) is 56.4 Å². The number of carbonyl (C=O) groups is 2. The number of anilines is 2. The number of hydrogen-bond acceptors (Lipinski definition) is 6. The summed E-state index contributed by atoms with van der Waals surface area (Å²) in [7, 11) is 3.22. The van der Waals surface area contributed by atoms with Crippen LogP contribution in [0.15, 0.2) is 133 Å². The van der Waals surface area contributed by atoms with Gasteiger partial charge in [-0.05, 0) is 66.7 Å².